The minimum absolute atomic E-state index is 0.0608. The fourth-order valence-electron chi connectivity index (χ4n) is 3.83. The molecule has 1 fully saturated rings. The first-order chi connectivity index (χ1) is 12.2. The number of esters is 1. The number of likely N-dealkylation sites (tertiary alicyclic amines) is 1. The lowest BCUT2D eigenvalue weighted by atomic mass is 9.89. The van der Waals surface area contributed by atoms with E-state index in [0.717, 1.165) is 18.4 Å². The lowest BCUT2D eigenvalue weighted by molar-refractivity contribution is -0.142. The third kappa shape index (κ3) is 3.16. The van der Waals surface area contributed by atoms with Gasteiger partial charge in [-0.25, -0.2) is 4.79 Å². The maximum absolute atomic E-state index is 12.8. The van der Waals surface area contributed by atoms with Crippen LogP contribution in [-0.2, 0) is 16.0 Å². The van der Waals surface area contributed by atoms with Crippen molar-refractivity contribution in [3.63, 3.8) is 0 Å². The number of nitrogens with zero attached hydrogens (tertiary/aromatic N) is 1. The molecule has 25 heavy (non-hydrogen) atoms. The van der Waals surface area contributed by atoms with Crippen LogP contribution < -0.4 is 0 Å². The van der Waals surface area contributed by atoms with Gasteiger partial charge in [0, 0.05) is 19.5 Å². The second-order valence-electron chi connectivity index (χ2n) is 6.77. The second kappa shape index (κ2) is 6.71. The molecular weight excluding hydrogens is 314 g/mol. The van der Waals surface area contributed by atoms with Crippen LogP contribution >= 0.6 is 0 Å². The fourth-order valence-corrected chi connectivity index (χ4v) is 3.83. The van der Waals surface area contributed by atoms with Gasteiger partial charge in [0.25, 0.3) is 5.91 Å². The van der Waals surface area contributed by atoms with Gasteiger partial charge in [0.2, 0.25) is 0 Å². The Morgan fingerprint density at radius 1 is 0.960 bits per heavy atom. The van der Waals surface area contributed by atoms with E-state index in [1.54, 1.807) is 6.07 Å². The average Bonchev–Trinajstić information content (AvgIpc) is 2.68. The summed E-state index contributed by atoms with van der Waals surface area (Å²) in [6.07, 6.45) is 1.69. The molecule has 4 rings (SSSR count). The molecule has 0 spiro atoms. The molecule has 1 saturated heterocycles. The first-order valence-corrected chi connectivity index (χ1v) is 8.85. The van der Waals surface area contributed by atoms with Crippen LogP contribution in [0.1, 0.15) is 40.2 Å². The van der Waals surface area contributed by atoms with E-state index in [-0.39, 0.29) is 11.9 Å². The van der Waals surface area contributed by atoms with Gasteiger partial charge in [-0.05, 0) is 36.0 Å². The molecule has 2 aromatic rings. The first kappa shape index (κ1) is 15.9. The zero-order chi connectivity index (χ0) is 17.2. The van der Waals surface area contributed by atoms with Crippen molar-refractivity contribution in [2.24, 2.45) is 0 Å². The van der Waals surface area contributed by atoms with Gasteiger partial charge in [0.05, 0.1) is 5.56 Å². The highest BCUT2D eigenvalue weighted by atomic mass is 16.5. The molecule has 2 aromatic carbocycles. The van der Waals surface area contributed by atoms with Gasteiger partial charge >= 0.3 is 5.97 Å². The molecule has 1 amide bonds. The number of piperidine rings is 1. The molecule has 128 valence electrons. The summed E-state index contributed by atoms with van der Waals surface area (Å²) in [6.45, 7) is 1.43. The first-order valence-electron chi connectivity index (χ1n) is 8.85. The maximum atomic E-state index is 12.8. The van der Waals surface area contributed by atoms with Gasteiger partial charge in [-0.1, -0.05) is 48.5 Å². The van der Waals surface area contributed by atoms with Crippen molar-refractivity contribution in [3.8, 4) is 0 Å². The van der Waals surface area contributed by atoms with E-state index in [1.807, 2.05) is 29.2 Å². The van der Waals surface area contributed by atoms with Gasteiger partial charge in [0.15, 0.2) is 6.10 Å². The van der Waals surface area contributed by atoms with Crippen LogP contribution in [0.2, 0.25) is 0 Å². The lowest BCUT2D eigenvalue weighted by Gasteiger charge is -2.35. The highest BCUT2D eigenvalue weighted by molar-refractivity contribution is 5.95. The van der Waals surface area contributed by atoms with Crippen LogP contribution in [-0.4, -0.2) is 36.0 Å². The molecule has 1 unspecified atom stereocenters. The summed E-state index contributed by atoms with van der Waals surface area (Å²) in [6, 6.07) is 17.8. The third-order valence-corrected chi connectivity index (χ3v) is 5.24. The minimum Gasteiger partial charge on any atom is -0.448 e. The number of rotatable bonds is 2. The molecule has 1 atom stereocenters. The normalized spacial score (nSPS) is 20.7. The van der Waals surface area contributed by atoms with Crippen molar-refractivity contribution in [2.75, 3.05) is 13.1 Å². The number of hydrogen-bond acceptors (Lipinski definition) is 3. The van der Waals surface area contributed by atoms with Gasteiger partial charge in [-0.2, -0.15) is 0 Å². The van der Waals surface area contributed by atoms with Crippen LogP contribution in [0, 0.1) is 0 Å². The van der Waals surface area contributed by atoms with E-state index in [2.05, 4.69) is 24.3 Å². The smallest absolute Gasteiger partial charge is 0.339 e. The van der Waals surface area contributed by atoms with E-state index < -0.39 is 6.10 Å². The number of ether oxygens (including phenoxy) is 1. The average molecular weight is 335 g/mol. The Kier molecular flexibility index (Phi) is 4.26. The Hall–Kier alpha value is -2.62. The maximum Gasteiger partial charge on any atom is 0.339 e. The van der Waals surface area contributed by atoms with E-state index in [9.17, 15) is 9.59 Å². The van der Waals surface area contributed by atoms with Crippen LogP contribution in [0.25, 0.3) is 0 Å². The Labute approximate surface area is 147 Å². The standard InChI is InChI=1S/C21H21NO3/c23-20(19-14-17-8-4-5-9-18(17)21(24)25-19)22-12-10-16(11-13-22)15-6-2-1-3-7-15/h1-9,16,19H,10-14H2. The van der Waals surface area contributed by atoms with E-state index >= 15 is 0 Å². The third-order valence-electron chi connectivity index (χ3n) is 5.24. The van der Waals surface area contributed by atoms with Crippen molar-refractivity contribution < 1.29 is 14.3 Å². The molecule has 0 radical (unpaired) electrons. The second-order valence-corrected chi connectivity index (χ2v) is 6.77. The molecule has 2 heterocycles. The predicted octanol–water partition coefficient (Wildman–Crippen LogP) is 3.17. The molecule has 2 aliphatic rings. The zero-order valence-electron chi connectivity index (χ0n) is 14.1. The van der Waals surface area contributed by atoms with E-state index in [4.69, 9.17) is 4.74 Å². The Morgan fingerprint density at radius 2 is 1.64 bits per heavy atom. The summed E-state index contributed by atoms with van der Waals surface area (Å²) in [5, 5.41) is 0. The number of carbonyl (C=O) groups is 2. The molecule has 0 bridgehead atoms. The number of amides is 1. The monoisotopic (exact) mass is 335 g/mol. The molecule has 0 aromatic heterocycles. The number of hydrogen-bond donors (Lipinski definition) is 0. The van der Waals surface area contributed by atoms with Crippen LogP contribution in [0.5, 0.6) is 0 Å². The van der Waals surface area contributed by atoms with Crippen LogP contribution in [0.4, 0.5) is 0 Å². The summed E-state index contributed by atoms with van der Waals surface area (Å²) in [5.74, 6) is 0.0496. The summed E-state index contributed by atoms with van der Waals surface area (Å²) in [4.78, 5) is 26.8. The molecule has 4 heteroatoms. The van der Waals surface area contributed by atoms with Crippen molar-refractivity contribution >= 4 is 11.9 Å². The Morgan fingerprint density at radius 3 is 2.40 bits per heavy atom. The van der Waals surface area contributed by atoms with Crippen molar-refractivity contribution in [2.45, 2.75) is 31.3 Å². The molecule has 0 aliphatic carbocycles. The summed E-state index contributed by atoms with van der Waals surface area (Å²) >= 11 is 0. The van der Waals surface area contributed by atoms with Crippen LogP contribution in [0.15, 0.2) is 54.6 Å². The van der Waals surface area contributed by atoms with Gasteiger partial charge in [-0.3, -0.25) is 4.79 Å². The molecule has 0 N–H and O–H groups in total. The minimum atomic E-state index is -0.685. The quantitative estimate of drug-likeness (QED) is 0.792. The largest absolute Gasteiger partial charge is 0.448 e. The zero-order valence-corrected chi connectivity index (χ0v) is 14.1. The lowest BCUT2D eigenvalue weighted by Crippen LogP contribution is -2.47. The van der Waals surface area contributed by atoms with Crippen LogP contribution in [0.3, 0.4) is 0 Å². The van der Waals surface area contributed by atoms with Gasteiger partial charge in [0.1, 0.15) is 0 Å². The number of cyclic esters (lactones) is 1. The SMILES string of the molecule is O=C1OC(C(=O)N2CCC(c3ccccc3)CC2)Cc2ccccc21. The molecule has 4 nitrogen and oxygen atoms in total. The van der Waals surface area contributed by atoms with Crippen molar-refractivity contribution in [3.05, 3.63) is 71.3 Å². The topological polar surface area (TPSA) is 46.6 Å². The van der Waals surface area contributed by atoms with Crippen molar-refractivity contribution in [1.29, 1.82) is 0 Å². The number of fused-ring (bicyclic) bond motifs is 1. The fraction of sp³-hybridized carbons (Fsp3) is 0.333. The molecular formula is C21H21NO3. The number of benzene rings is 2. The highest BCUT2D eigenvalue weighted by Gasteiger charge is 2.35. The number of carbonyl (C=O) groups excluding carboxylic acids is 2. The van der Waals surface area contributed by atoms with E-state index in [1.165, 1.54) is 5.56 Å². The van der Waals surface area contributed by atoms with Gasteiger partial charge < -0.3 is 9.64 Å². The predicted molar refractivity (Wildman–Crippen MR) is 94.3 cm³/mol. The molecule has 0 saturated carbocycles. The highest BCUT2D eigenvalue weighted by Crippen LogP contribution is 2.29. The van der Waals surface area contributed by atoms with Gasteiger partial charge in [-0.15, -0.1) is 0 Å². The summed E-state index contributed by atoms with van der Waals surface area (Å²) in [7, 11) is 0. The Bertz CT molecular complexity index is 779. The van der Waals surface area contributed by atoms with Crippen molar-refractivity contribution in [1.82, 2.24) is 4.90 Å². The Balaban J connectivity index is 1.41. The van der Waals surface area contributed by atoms with E-state index in [0.29, 0.717) is 31.0 Å². The summed E-state index contributed by atoms with van der Waals surface area (Å²) < 4.78 is 5.41. The summed E-state index contributed by atoms with van der Waals surface area (Å²) in [5.41, 5.74) is 2.82. The molecule has 2 aliphatic heterocycles.